The van der Waals surface area contributed by atoms with Gasteiger partial charge in [-0.05, 0) is 31.2 Å². The van der Waals surface area contributed by atoms with Crippen molar-refractivity contribution in [1.82, 2.24) is 4.90 Å². The van der Waals surface area contributed by atoms with Crippen molar-refractivity contribution in [2.24, 2.45) is 0 Å². The number of benzene rings is 1. The van der Waals surface area contributed by atoms with Crippen molar-refractivity contribution in [2.75, 3.05) is 32.1 Å². The molecule has 0 aliphatic rings. The Labute approximate surface area is 128 Å². The Kier molecular flexibility index (Phi) is 7.11. The molecule has 0 fully saturated rings. The lowest BCUT2D eigenvalue weighted by Gasteiger charge is -2.19. The van der Waals surface area contributed by atoms with Crippen LogP contribution in [-0.2, 0) is 14.3 Å². The van der Waals surface area contributed by atoms with Crippen LogP contribution in [0.4, 0.5) is 10.1 Å². The van der Waals surface area contributed by atoms with Gasteiger partial charge >= 0.3 is 5.97 Å². The molecule has 116 valence electrons. The second-order valence-corrected chi connectivity index (χ2v) is 4.90. The van der Waals surface area contributed by atoms with Gasteiger partial charge in [-0.25, -0.2) is 4.39 Å². The first-order valence-electron chi connectivity index (χ1n) is 6.50. The summed E-state index contributed by atoms with van der Waals surface area (Å²) >= 11 is 5.64. The molecule has 0 atom stereocenters. The molecule has 0 saturated heterocycles. The molecule has 7 heteroatoms. The van der Waals surface area contributed by atoms with Crippen molar-refractivity contribution in [1.29, 1.82) is 0 Å². The van der Waals surface area contributed by atoms with Gasteiger partial charge in [-0.1, -0.05) is 18.5 Å². The van der Waals surface area contributed by atoms with E-state index in [0.29, 0.717) is 6.54 Å². The molecule has 0 unspecified atom stereocenters. The molecule has 1 aromatic rings. The molecule has 0 heterocycles. The van der Waals surface area contributed by atoms with E-state index in [4.69, 9.17) is 11.6 Å². The topological polar surface area (TPSA) is 58.6 Å². The van der Waals surface area contributed by atoms with Gasteiger partial charge in [-0.3, -0.25) is 14.5 Å². The van der Waals surface area contributed by atoms with E-state index in [1.165, 1.54) is 19.2 Å². The monoisotopic (exact) mass is 316 g/mol. The summed E-state index contributed by atoms with van der Waals surface area (Å²) in [6, 6.07) is 3.99. The van der Waals surface area contributed by atoms with Crippen LogP contribution in [0.15, 0.2) is 18.2 Å². The zero-order chi connectivity index (χ0) is 15.8. The van der Waals surface area contributed by atoms with Crippen LogP contribution in [0.3, 0.4) is 0 Å². The van der Waals surface area contributed by atoms with Crippen molar-refractivity contribution in [3.8, 4) is 0 Å². The first-order chi connectivity index (χ1) is 9.96. The second-order valence-electron chi connectivity index (χ2n) is 4.46. The van der Waals surface area contributed by atoms with Gasteiger partial charge in [0.25, 0.3) is 0 Å². The predicted molar refractivity (Wildman–Crippen MR) is 78.8 cm³/mol. The molecule has 0 bridgehead atoms. The van der Waals surface area contributed by atoms with Crippen molar-refractivity contribution >= 4 is 29.2 Å². The number of anilines is 1. The van der Waals surface area contributed by atoms with Gasteiger partial charge in [0.05, 0.1) is 25.9 Å². The highest BCUT2D eigenvalue weighted by molar-refractivity contribution is 6.30. The fourth-order valence-corrected chi connectivity index (χ4v) is 1.92. The molecule has 5 nitrogen and oxygen atoms in total. The molecule has 1 N–H and O–H groups in total. The molecule has 1 rings (SSSR count). The van der Waals surface area contributed by atoms with Crippen LogP contribution < -0.4 is 5.32 Å². The number of methoxy groups -OCH3 is 1. The van der Waals surface area contributed by atoms with Gasteiger partial charge in [0, 0.05) is 5.02 Å². The fraction of sp³-hybridized carbons (Fsp3) is 0.429. The van der Waals surface area contributed by atoms with E-state index in [1.807, 2.05) is 6.92 Å². The molecule has 0 saturated carbocycles. The largest absolute Gasteiger partial charge is 0.468 e. The number of esters is 1. The Hall–Kier alpha value is -1.66. The SMILES string of the molecule is CCCN(CC(=O)Nc1ccc(Cl)cc1F)CC(=O)OC. The molecule has 0 aliphatic heterocycles. The summed E-state index contributed by atoms with van der Waals surface area (Å²) in [4.78, 5) is 24.8. The molecule has 0 radical (unpaired) electrons. The van der Waals surface area contributed by atoms with Crippen LogP contribution in [0.5, 0.6) is 0 Å². The first kappa shape index (κ1) is 17.4. The molecular formula is C14H18ClFN2O3. The summed E-state index contributed by atoms with van der Waals surface area (Å²) < 4.78 is 18.1. The van der Waals surface area contributed by atoms with Crippen LogP contribution >= 0.6 is 11.6 Å². The fourth-order valence-electron chi connectivity index (χ4n) is 1.76. The maximum absolute atomic E-state index is 13.6. The summed E-state index contributed by atoms with van der Waals surface area (Å²) in [5.74, 6) is -1.44. The lowest BCUT2D eigenvalue weighted by atomic mass is 10.3. The third-order valence-corrected chi connectivity index (χ3v) is 2.93. The summed E-state index contributed by atoms with van der Waals surface area (Å²) in [6.07, 6.45) is 0.777. The van der Waals surface area contributed by atoms with Gasteiger partial charge in [-0.2, -0.15) is 0 Å². The molecule has 21 heavy (non-hydrogen) atoms. The number of hydrogen-bond acceptors (Lipinski definition) is 4. The van der Waals surface area contributed by atoms with Crippen molar-refractivity contribution in [2.45, 2.75) is 13.3 Å². The minimum Gasteiger partial charge on any atom is -0.468 e. The number of hydrogen-bond donors (Lipinski definition) is 1. The van der Waals surface area contributed by atoms with Crippen molar-refractivity contribution < 1.29 is 18.7 Å². The summed E-state index contributed by atoms with van der Waals surface area (Å²) in [7, 11) is 1.29. The van der Waals surface area contributed by atoms with Crippen LogP contribution in [-0.4, -0.2) is 43.5 Å². The lowest BCUT2D eigenvalue weighted by Crippen LogP contribution is -2.37. The van der Waals surface area contributed by atoms with E-state index < -0.39 is 17.7 Å². The van der Waals surface area contributed by atoms with Crippen molar-refractivity contribution in [3.05, 3.63) is 29.0 Å². The van der Waals surface area contributed by atoms with Crippen LogP contribution in [0.1, 0.15) is 13.3 Å². The van der Waals surface area contributed by atoms with Gasteiger partial charge in [0.2, 0.25) is 5.91 Å². The second kappa shape index (κ2) is 8.59. The quantitative estimate of drug-likeness (QED) is 0.784. The number of nitrogens with zero attached hydrogens (tertiary/aromatic N) is 1. The molecule has 1 aromatic carbocycles. The summed E-state index contributed by atoms with van der Waals surface area (Å²) in [5.41, 5.74) is 0.0546. The lowest BCUT2D eigenvalue weighted by molar-refractivity contribution is -0.142. The Morgan fingerprint density at radius 3 is 2.67 bits per heavy atom. The number of carbonyl (C=O) groups excluding carboxylic acids is 2. The zero-order valence-corrected chi connectivity index (χ0v) is 12.7. The normalized spacial score (nSPS) is 10.5. The minimum absolute atomic E-state index is 0.0147. The third-order valence-electron chi connectivity index (χ3n) is 2.69. The van der Waals surface area contributed by atoms with Crippen LogP contribution in [0.25, 0.3) is 0 Å². The maximum atomic E-state index is 13.6. The molecule has 0 spiro atoms. The number of rotatable bonds is 7. The summed E-state index contributed by atoms with van der Waals surface area (Å²) in [5, 5.41) is 2.70. The van der Waals surface area contributed by atoms with Gasteiger partial charge in [0.1, 0.15) is 5.82 Å². The van der Waals surface area contributed by atoms with Gasteiger partial charge in [0.15, 0.2) is 0 Å². The van der Waals surface area contributed by atoms with E-state index in [1.54, 1.807) is 4.90 Å². The zero-order valence-electron chi connectivity index (χ0n) is 12.0. The summed E-state index contributed by atoms with van der Waals surface area (Å²) in [6.45, 7) is 2.48. The average Bonchev–Trinajstić information content (AvgIpc) is 2.42. The number of halogens is 2. The Morgan fingerprint density at radius 1 is 1.38 bits per heavy atom. The van der Waals surface area contributed by atoms with E-state index >= 15 is 0 Å². The van der Waals surface area contributed by atoms with E-state index in [0.717, 1.165) is 12.5 Å². The molecule has 1 amide bonds. The van der Waals surface area contributed by atoms with Crippen LogP contribution in [0.2, 0.25) is 5.02 Å². The van der Waals surface area contributed by atoms with Gasteiger partial charge < -0.3 is 10.1 Å². The highest BCUT2D eigenvalue weighted by Gasteiger charge is 2.15. The number of ether oxygens (including phenoxy) is 1. The third kappa shape index (κ3) is 6.10. The van der Waals surface area contributed by atoms with E-state index in [-0.39, 0.29) is 23.8 Å². The molecule has 0 aromatic heterocycles. The Morgan fingerprint density at radius 2 is 2.10 bits per heavy atom. The smallest absolute Gasteiger partial charge is 0.319 e. The Bertz CT molecular complexity index is 511. The first-order valence-corrected chi connectivity index (χ1v) is 6.88. The average molecular weight is 317 g/mol. The van der Waals surface area contributed by atoms with E-state index in [2.05, 4.69) is 10.1 Å². The number of carbonyl (C=O) groups is 2. The van der Waals surface area contributed by atoms with E-state index in [9.17, 15) is 14.0 Å². The number of amides is 1. The standard InChI is InChI=1S/C14H18ClFN2O3/c1-3-6-18(9-14(20)21-2)8-13(19)17-12-5-4-10(15)7-11(12)16/h4-5,7H,3,6,8-9H2,1-2H3,(H,17,19). The molecule has 0 aliphatic carbocycles. The highest BCUT2D eigenvalue weighted by atomic mass is 35.5. The molecular weight excluding hydrogens is 299 g/mol. The van der Waals surface area contributed by atoms with Crippen LogP contribution in [0, 0.1) is 5.82 Å². The maximum Gasteiger partial charge on any atom is 0.319 e. The minimum atomic E-state index is -0.606. The van der Waals surface area contributed by atoms with Crippen molar-refractivity contribution in [3.63, 3.8) is 0 Å². The Balaban J connectivity index is 2.62. The predicted octanol–water partition coefficient (Wildman–Crippen LogP) is 2.30. The number of nitrogens with one attached hydrogen (secondary N) is 1. The highest BCUT2D eigenvalue weighted by Crippen LogP contribution is 2.18. The van der Waals surface area contributed by atoms with Gasteiger partial charge in [-0.15, -0.1) is 0 Å².